The summed E-state index contributed by atoms with van der Waals surface area (Å²) in [6.07, 6.45) is 1.69. The fraction of sp³-hybridized carbons (Fsp3) is 0.677. The zero-order chi connectivity index (χ0) is 32.9. The van der Waals surface area contributed by atoms with Crippen LogP contribution < -0.4 is 10.6 Å². The van der Waals surface area contributed by atoms with Gasteiger partial charge in [-0.25, -0.2) is 9.59 Å². The lowest BCUT2D eigenvalue weighted by Crippen LogP contribution is -2.59. The van der Waals surface area contributed by atoms with Crippen LogP contribution in [0.2, 0.25) is 0 Å². The molecule has 0 radical (unpaired) electrons. The Morgan fingerprint density at radius 1 is 1.04 bits per heavy atom. The van der Waals surface area contributed by atoms with Crippen LogP contribution in [0.1, 0.15) is 66.2 Å². The van der Waals surface area contributed by atoms with Crippen molar-refractivity contribution in [2.75, 3.05) is 13.7 Å². The van der Waals surface area contributed by atoms with Crippen molar-refractivity contribution < 1.29 is 41.3 Å². The molecule has 248 valence electrons. The molecule has 3 saturated carbocycles. The minimum absolute atomic E-state index is 0.0774. The molecule has 45 heavy (non-hydrogen) atoms. The number of amides is 3. The molecule has 1 saturated heterocycles. The molecule has 1 aromatic carbocycles. The smallest absolute Gasteiger partial charge is 0.408 e. The number of carbonyl (C=O) groups is 4. The van der Waals surface area contributed by atoms with Crippen LogP contribution in [-0.4, -0.2) is 80.7 Å². The molecule has 4 fully saturated rings. The fourth-order valence-corrected chi connectivity index (χ4v) is 8.17. The van der Waals surface area contributed by atoms with E-state index in [0.717, 1.165) is 12.8 Å². The Labute approximate surface area is 272 Å². The van der Waals surface area contributed by atoms with Crippen molar-refractivity contribution >= 4 is 49.9 Å². The molecule has 4 aliphatic rings. The van der Waals surface area contributed by atoms with Crippen molar-refractivity contribution in [3.8, 4) is 0 Å². The highest BCUT2D eigenvalue weighted by Crippen LogP contribution is 2.52. The summed E-state index contributed by atoms with van der Waals surface area (Å²) in [5.41, 5.74) is -2.01. The molecule has 8 atom stereocenters. The van der Waals surface area contributed by atoms with Crippen molar-refractivity contribution in [2.24, 2.45) is 23.2 Å². The van der Waals surface area contributed by atoms with Crippen LogP contribution in [0, 0.1) is 23.2 Å². The van der Waals surface area contributed by atoms with E-state index in [1.165, 1.54) is 30.6 Å². The van der Waals surface area contributed by atoms with E-state index in [0.29, 0.717) is 29.2 Å². The Bertz CT molecular complexity index is 1440. The molecular formula is C31H42BrN3O9S. The number of methoxy groups -OCH3 is 1. The highest BCUT2D eigenvalue weighted by molar-refractivity contribution is 9.10. The van der Waals surface area contributed by atoms with Gasteiger partial charge < -0.3 is 25.0 Å². The van der Waals surface area contributed by atoms with Crippen molar-refractivity contribution in [3.05, 3.63) is 28.7 Å². The summed E-state index contributed by atoms with van der Waals surface area (Å²) in [6.45, 7) is 7.00. The predicted octanol–water partition coefficient (Wildman–Crippen LogP) is 3.52. The van der Waals surface area contributed by atoms with E-state index >= 15 is 0 Å². The van der Waals surface area contributed by atoms with Crippen molar-refractivity contribution in [1.29, 1.82) is 0 Å². The molecule has 1 aromatic rings. The zero-order valence-corrected chi connectivity index (χ0v) is 28.6. The maximum atomic E-state index is 14.2. The van der Waals surface area contributed by atoms with E-state index in [1.54, 1.807) is 32.9 Å². The highest BCUT2D eigenvalue weighted by atomic mass is 79.9. The first-order chi connectivity index (χ1) is 21.1. The van der Waals surface area contributed by atoms with Crippen LogP contribution in [0.3, 0.4) is 0 Å². The Kier molecular flexibility index (Phi) is 9.33. The summed E-state index contributed by atoms with van der Waals surface area (Å²) in [5.74, 6) is -0.725. The molecule has 0 aromatic heterocycles. The molecular weight excluding hydrogens is 670 g/mol. The van der Waals surface area contributed by atoms with Crippen LogP contribution in [-0.2, 0) is 38.2 Å². The van der Waals surface area contributed by atoms with Gasteiger partial charge in [0.15, 0.2) is 0 Å². The lowest BCUT2D eigenvalue weighted by atomic mass is 9.85. The second kappa shape index (κ2) is 12.5. The number of hydrogen-bond acceptors (Lipinski definition) is 9. The summed E-state index contributed by atoms with van der Waals surface area (Å²) < 4.78 is 43.2. The number of benzene rings is 1. The topological polar surface area (TPSA) is 157 Å². The van der Waals surface area contributed by atoms with Gasteiger partial charge in [-0.3, -0.25) is 13.8 Å². The quantitative estimate of drug-likeness (QED) is 0.274. The van der Waals surface area contributed by atoms with Crippen LogP contribution in [0.5, 0.6) is 0 Å². The van der Waals surface area contributed by atoms with Gasteiger partial charge >= 0.3 is 12.1 Å². The number of halogens is 1. The third-order valence-electron chi connectivity index (χ3n) is 9.56. The number of nitrogens with one attached hydrogen (secondary N) is 2. The molecule has 0 bridgehead atoms. The number of ether oxygens (including phenoxy) is 2. The maximum Gasteiger partial charge on any atom is 0.408 e. The van der Waals surface area contributed by atoms with Gasteiger partial charge in [0.05, 0.1) is 18.1 Å². The molecule has 3 aliphatic carbocycles. The second-order valence-electron chi connectivity index (χ2n) is 13.8. The maximum absolute atomic E-state index is 14.2. The number of rotatable bonds is 10. The number of likely N-dealkylation sites (tertiary alicyclic amines) is 1. The molecule has 1 aliphatic heterocycles. The van der Waals surface area contributed by atoms with Gasteiger partial charge in [0.1, 0.15) is 23.7 Å². The van der Waals surface area contributed by atoms with Crippen molar-refractivity contribution in [1.82, 2.24) is 15.5 Å². The molecule has 3 amide bonds. The van der Waals surface area contributed by atoms with E-state index in [-0.39, 0.29) is 29.9 Å². The normalized spacial score (nSPS) is 31.0. The molecule has 1 heterocycles. The van der Waals surface area contributed by atoms with Gasteiger partial charge in [0, 0.05) is 17.4 Å². The number of alkyl carbamates (subject to hydrolysis) is 1. The van der Waals surface area contributed by atoms with Crippen LogP contribution in [0.25, 0.3) is 0 Å². The Hall–Kier alpha value is -2.71. The Morgan fingerprint density at radius 2 is 1.69 bits per heavy atom. The minimum Gasteiger partial charge on any atom is -0.467 e. The van der Waals surface area contributed by atoms with Crippen LogP contribution in [0.4, 0.5) is 4.79 Å². The van der Waals surface area contributed by atoms with E-state index in [2.05, 4.69) is 26.6 Å². The summed E-state index contributed by atoms with van der Waals surface area (Å²) in [7, 11) is -3.00. The summed E-state index contributed by atoms with van der Waals surface area (Å²) in [6, 6.07) is 3.63. The zero-order valence-electron chi connectivity index (χ0n) is 26.2. The summed E-state index contributed by atoms with van der Waals surface area (Å²) >= 11 is 3.28. The molecule has 14 heteroatoms. The Balaban J connectivity index is 1.37. The number of nitrogens with zero attached hydrogens (tertiary/aromatic N) is 1. The minimum atomic E-state index is -4.25. The molecule has 0 spiro atoms. The number of hydrogen-bond donors (Lipinski definition) is 2. The van der Waals surface area contributed by atoms with E-state index < -0.39 is 63.1 Å². The van der Waals surface area contributed by atoms with Crippen LogP contribution in [0.15, 0.2) is 33.6 Å². The van der Waals surface area contributed by atoms with Crippen LogP contribution >= 0.6 is 15.9 Å². The van der Waals surface area contributed by atoms with E-state index in [1.807, 2.05) is 6.92 Å². The van der Waals surface area contributed by atoms with Crippen molar-refractivity contribution in [3.63, 3.8) is 0 Å². The molecule has 1 unspecified atom stereocenters. The first-order valence-electron chi connectivity index (χ1n) is 15.4. The lowest BCUT2D eigenvalue weighted by Gasteiger charge is -2.35. The SMILES string of the molecule is CC[C@@H]1C[C@]1(NC(=O)C1C[C@H](OS(=O)(=O)c2ccc(Br)cc2)CN1C(=O)[C@@H](NC(=O)O[C@@H]1C[C@@H]2C[C@@H]2C1)C(C)(C)C)C(=O)OC. The largest absolute Gasteiger partial charge is 0.467 e. The average molecular weight is 713 g/mol. The van der Waals surface area contributed by atoms with Gasteiger partial charge in [-0.05, 0) is 73.1 Å². The lowest BCUT2D eigenvalue weighted by molar-refractivity contribution is -0.148. The molecule has 5 rings (SSSR count). The first-order valence-corrected chi connectivity index (χ1v) is 17.6. The van der Waals surface area contributed by atoms with Gasteiger partial charge in [0.25, 0.3) is 10.1 Å². The second-order valence-corrected chi connectivity index (χ2v) is 16.3. The molecule has 2 N–H and O–H groups in total. The summed E-state index contributed by atoms with van der Waals surface area (Å²) in [4.78, 5) is 54.9. The van der Waals surface area contributed by atoms with E-state index in [4.69, 9.17) is 13.7 Å². The Morgan fingerprint density at radius 3 is 2.24 bits per heavy atom. The number of carbonyl (C=O) groups excluding carboxylic acids is 4. The number of fused-ring (bicyclic) bond motifs is 1. The monoisotopic (exact) mass is 711 g/mol. The number of esters is 1. The third-order valence-corrected chi connectivity index (χ3v) is 11.5. The van der Waals surface area contributed by atoms with Crippen molar-refractivity contribution in [2.45, 2.75) is 101 Å². The fourth-order valence-electron chi connectivity index (χ4n) is 6.83. The van der Waals surface area contributed by atoms with E-state index in [9.17, 15) is 27.6 Å². The van der Waals surface area contributed by atoms with Gasteiger partial charge in [-0.1, -0.05) is 50.0 Å². The first kappa shape index (κ1) is 33.6. The standard InChI is InChI=1S/C31H42BrN3O9S/c1-6-19-15-31(19,28(38)42-5)34-26(36)24-14-22(44-45(40,41)23-9-7-20(32)8-10-23)16-35(24)27(37)25(30(2,3)4)33-29(39)43-21-12-17-11-18(17)13-21/h7-10,17-19,21-22,24-25H,6,11-16H2,1-5H3,(H,33,39)(H,34,36)/t17-,18+,19-,21+,22+,24?,25-,31-/m1/s1. The molecule has 12 nitrogen and oxygen atoms in total. The predicted molar refractivity (Wildman–Crippen MR) is 165 cm³/mol. The average Bonchev–Trinajstić information content (AvgIpc) is 3.78. The van der Waals surface area contributed by atoms with Gasteiger partial charge in [-0.2, -0.15) is 8.42 Å². The van der Waals surface area contributed by atoms with Gasteiger partial charge in [0.2, 0.25) is 11.8 Å². The highest BCUT2D eigenvalue weighted by Gasteiger charge is 2.62. The summed E-state index contributed by atoms with van der Waals surface area (Å²) in [5, 5.41) is 5.54. The van der Waals surface area contributed by atoms with Gasteiger partial charge in [-0.15, -0.1) is 0 Å². The third kappa shape index (κ3) is 7.17.